The maximum atomic E-state index is 13.0. The average molecular weight is 517 g/mol. The first-order valence-electron chi connectivity index (χ1n) is 12.6. The summed E-state index contributed by atoms with van der Waals surface area (Å²) in [5.41, 5.74) is -1.04. The van der Waals surface area contributed by atoms with Crippen LogP contribution in [-0.2, 0) is 33.2 Å². The number of hydrogen-bond donors (Lipinski definition) is 2. The van der Waals surface area contributed by atoms with Crippen molar-refractivity contribution in [3.63, 3.8) is 0 Å². The van der Waals surface area contributed by atoms with Gasteiger partial charge in [-0.15, -0.1) is 4.28 Å². The number of nitrogens with zero attached hydrogens (tertiary/aromatic N) is 2. The largest absolute Gasteiger partial charge is 0.465 e. The van der Waals surface area contributed by atoms with Gasteiger partial charge in [-0.2, -0.15) is 13.5 Å². The molecule has 2 N–H and O–H groups in total. The molecular formula is C22H36N4O8S. The Balaban J connectivity index is 1.36. The quantitative estimate of drug-likeness (QED) is 0.426. The van der Waals surface area contributed by atoms with Gasteiger partial charge >= 0.3 is 22.4 Å². The van der Waals surface area contributed by atoms with Gasteiger partial charge in [0.25, 0.3) is 0 Å². The summed E-state index contributed by atoms with van der Waals surface area (Å²) >= 11 is 0. The summed E-state index contributed by atoms with van der Waals surface area (Å²) in [4.78, 5) is 39.8. The first-order chi connectivity index (χ1) is 16.7. The molecule has 0 spiro atoms. The summed E-state index contributed by atoms with van der Waals surface area (Å²) in [7, 11) is -4.62. The van der Waals surface area contributed by atoms with Crippen molar-refractivity contribution in [1.29, 1.82) is 0 Å². The highest BCUT2D eigenvalue weighted by atomic mass is 32.3. The van der Waals surface area contributed by atoms with Crippen molar-refractivity contribution < 1.29 is 36.0 Å². The number of carbonyl (C=O) groups excluding carboxylic acids is 3. The molecule has 0 aromatic heterocycles. The third kappa shape index (κ3) is 5.89. The van der Waals surface area contributed by atoms with Gasteiger partial charge in [0.1, 0.15) is 6.04 Å². The predicted molar refractivity (Wildman–Crippen MR) is 123 cm³/mol. The number of hydrogen-bond acceptors (Lipinski definition) is 9. The number of nitrogens with one attached hydrogen (secondary N) is 2. The molecule has 1 aliphatic carbocycles. The van der Waals surface area contributed by atoms with Gasteiger partial charge in [-0.3, -0.25) is 9.59 Å². The monoisotopic (exact) mass is 516 g/mol. The number of esters is 1. The lowest BCUT2D eigenvalue weighted by Crippen LogP contribution is -2.53. The van der Waals surface area contributed by atoms with Crippen LogP contribution in [0.2, 0.25) is 0 Å². The van der Waals surface area contributed by atoms with Crippen LogP contribution in [0.4, 0.5) is 4.79 Å². The molecule has 1 saturated carbocycles. The summed E-state index contributed by atoms with van der Waals surface area (Å²) < 4.78 is 40.7. The second kappa shape index (κ2) is 11.0. The van der Waals surface area contributed by atoms with Crippen LogP contribution in [0.15, 0.2) is 0 Å². The van der Waals surface area contributed by atoms with Crippen LogP contribution in [0.1, 0.15) is 64.7 Å². The maximum Gasteiger partial charge on any atom is 0.421 e. The number of ether oxygens (including phenoxy) is 1. The molecule has 4 aliphatic rings. The first-order valence-corrected chi connectivity index (χ1v) is 13.9. The van der Waals surface area contributed by atoms with Crippen molar-refractivity contribution >= 4 is 28.3 Å². The van der Waals surface area contributed by atoms with E-state index in [9.17, 15) is 22.8 Å². The zero-order chi connectivity index (χ0) is 25.1. The molecule has 35 heavy (non-hydrogen) atoms. The third-order valence-corrected chi connectivity index (χ3v) is 8.23. The molecule has 2 bridgehead atoms. The Morgan fingerprint density at radius 1 is 1.11 bits per heavy atom. The highest BCUT2D eigenvalue weighted by Gasteiger charge is 2.50. The lowest BCUT2D eigenvalue weighted by atomic mass is 9.75. The fourth-order valence-corrected chi connectivity index (χ4v) is 6.29. The second-order valence-electron chi connectivity index (χ2n) is 9.85. The van der Waals surface area contributed by atoms with E-state index < -0.39 is 46.5 Å². The summed E-state index contributed by atoms with van der Waals surface area (Å²) in [6.45, 7) is 3.35. The standard InChI is InChI=1S/C22H36N4O8S/c1-2-32-20(28)22(10-4-3-5-11-22)15-33-35(30,31)34-26-17-6-7-18(25(14-17)21(26)29)19(27)24-16-8-12-23-13-9-16/h16-18,23H,2-15H2,1H3,(H,24,27). The second-order valence-corrected chi connectivity index (χ2v) is 11.0. The molecular weight excluding hydrogens is 480 g/mol. The average Bonchev–Trinajstić information content (AvgIpc) is 3.08. The molecule has 4 rings (SSSR count). The number of carbonyl (C=O) groups is 3. The molecule has 4 fully saturated rings. The molecule has 3 saturated heterocycles. The van der Waals surface area contributed by atoms with E-state index in [1.807, 2.05) is 0 Å². The Hall–Kier alpha value is -1.96. The topological polar surface area (TPSA) is 144 Å². The minimum Gasteiger partial charge on any atom is -0.465 e. The molecule has 3 heterocycles. The van der Waals surface area contributed by atoms with Crippen LogP contribution < -0.4 is 10.6 Å². The Kier molecular flexibility index (Phi) is 8.19. The molecule has 198 valence electrons. The van der Waals surface area contributed by atoms with Gasteiger partial charge in [0, 0.05) is 12.6 Å². The lowest BCUT2D eigenvalue weighted by molar-refractivity contribution is -0.160. The van der Waals surface area contributed by atoms with E-state index >= 15 is 0 Å². The van der Waals surface area contributed by atoms with Crippen molar-refractivity contribution in [2.24, 2.45) is 5.41 Å². The number of hydroxylamine groups is 2. The van der Waals surface area contributed by atoms with E-state index in [4.69, 9.17) is 13.2 Å². The molecule has 12 nitrogen and oxygen atoms in total. The van der Waals surface area contributed by atoms with E-state index in [2.05, 4.69) is 10.6 Å². The number of amides is 3. The van der Waals surface area contributed by atoms with Gasteiger partial charge in [0.15, 0.2) is 0 Å². The van der Waals surface area contributed by atoms with Crippen molar-refractivity contribution in [1.82, 2.24) is 20.6 Å². The molecule has 3 aliphatic heterocycles. The Labute approximate surface area is 206 Å². The van der Waals surface area contributed by atoms with Crippen molar-refractivity contribution in [3.05, 3.63) is 0 Å². The van der Waals surface area contributed by atoms with Crippen LogP contribution in [-0.4, -0.2) is 87.3 Å². The van der Waals surface area contributed by atoms with Crippen LogP contribution in [0, 0.1) is 5.41 Å². The Morgan fingerprint density at radius 2 is 1.83 bits per heavy atom. The fourth-order valence-electron chi connectivity index (χ4n) is 5.49. The van der Waals surface area contributed by atoms with Crippen molar-refractivity contribution in [2.45, 2.75) is 82.8 Å². The van der Waals surface area contributed by atoms with Gasteiger partial charge in [-0.25, -0.2) is 8.98 Å². The summed E-state index contributed by atoms with van der Waals surface area (Å²) in [5, 5.41) is 7.06. The van der Waals surface area contributed by atoms with E-state index in [1.54, 1.807) is 6.92 Å². The van der Waals surface area contributed by atoms with Gasteiger partial charge in [-0.1, -0.05) is 19.3 Å². The molecule has 0 radical (unpaired) electrons. The predicted octanol–water partition coefficient (Wildman–Crippen LogP) is 0.830. The van der Waals surface area contributed by atoms with Gasteiger partial charge in [0.05, 0.1) is 24.7 Å². The van der Waals surface area contributed by atoms with Crippen molar-refractivity contribution in [2.75, 3.05) is 32.8 Å². The number of fused-ring (bicyclic) bond motifs is 2. The minimum atomic E-state index is -4.62. The maximum absolute atomic E-state index is 13.0. The molecule has 0 aromatic carbocycles. The summed E-state index contributed by atoms with van der Waals surface area (Å²) in [6.07, 6.45) is 5.92. The highest BCUT2D eigenvalue weighted by molar-refractivity contribution is 7.81. The van der Waals surface area contributed by atoms with E-state index in [-0.39, 0.29) is 25.1 Å². The zero-order valence-electron chi connectivity index (χ0n) is 20.2. The SMILES string of the molecule is CCOC(=O)C1(COS(=O)(=O)ON2C(=O)N3CC2CCC3C(=O)NC2CCNCC2)CCCCC1. The van der Waals surface area contributed by atoms with Crippen LogP contribution >= 0.6 is 0 Å². The zero-order valence-corrected chi connectivity index (χ0v) is 21.0. The smallest absolute Gasteiger partial charge is 0.421 e. The van der Waals surface area contributed by atoms with Crippen LogP contribution in [0.5, 0.6) is 0 Å². The minimum absolute atomic E-state index is 0.0619. The van der Waals surface area contributed by atoms with Crippen molar-refractivity contribution in [3.8, 4) is 0 Å². The van der Waals surface area contributed by atoms with Gasteiger partial charge in [-0.05, 0) is 58.5 Å². The normalized spacial score (nSPS) is 27.1. The highest BCUT2D eigenvalue weighted by Crippen LogP contribution is 2.39. The molecule has 2 unspecified atom stereocenters. The van der Waals surface area contributed by atoms with E-state index in [1.165, 1.54) is 4.90 Å². The Bertz CT molecular complexity index is 901. The number of urea groups is 1. The number of piperidine rings is 2. The van der Waals surface area contributed by atoms with Gasteiger partial charge < -0.3 is 20.3 Å². The molecule has 0 aromatic rings. The summed E-state index contributed by atoms with van der Waals surface area (Å²) in [5.74, 6) is -0.699. The van der Waals surface area contributed by atoms with E-state index in [0.717, 1.165) is 50.3 Å². The molecule has 2 atom stereocenters. The van der Waals surface area contributed by atoms with Crippen LogP contribution in [0.3, 0.4) is 0 Å². The van der Waals surface area contributed by atoms with Crippen LogP contribution in [0.25, 0.3) is 0 Å². The number of rotatable bonds is 9. The lowest BCUT2D eigenvalue weighted by Gasteiger charge is -2.34. The van der Waals surface area contributed by atoms with Gasteiger partial charge in [0.2, 0.25) is 5.91 Å². The molecule has 13 heteroatoms. The Morgan fingerprint density at radius 3 is 2.51 bits per heavy atom. The third-order valence-electron chi connectivity index (χ3n) is 7.48. The summed E-state index contributed by atoms with van der Waals surface area (Å²) in [6, 6.07) is -1.78. The molecule has 3 amide bonds. The van der Waals surface area contributed by atoms with E-state index in [0.29, 0.717) is 25.7 Å². The first kappa shape index (κ1) is 26.1. The fraction of sp³-hybridized carbons (Fsp3) is 0.864.